The Balaban J connectivity index is 3.29. The Morgan fingerprint density at radius 1 is 1.47 bits per heavy atom. The number of carbonyl (C=O) groups is 1. The van der Waals surface area contributed by atoms with Gasteiger partial charge in [0.2, 0.25) is 0 Å². The lowest BCUT2D eigenvalue weighted by Crippen LogP contribution is -2.33. The molecule has 0 aliphatic heterocycles. The van der Waals surface area contributed by atoms with Crippen molar-refractivity contribution < 1.29 is 24.0 Å². The van der Waals surface area contributed by atoms with Gasteiger partial charge in [-0.2, -0.15) is 0 Å². The van der Waals surface area contributed by atoms with Gasteiger partial charge in [0.25, 0.3) is 0 Å². The minimum Gasteiger partial charge on any atom is -0.465 e. The summed E-state index contributed by atoms with van der Waals surface area (Å²) in [4.78, 5) is 11.2. The largest absolute Gasteiger partial charge is 0.491 e. The minimum atomic E-state index is -1.95. The van der Waals surface area contributed by atoms with Gasteiger partial charge in [0, 0.05) is 5.46 Å². The van der Waals surface area contributed by atoms with Crippen molar-refractivity contribution in [2.45, 2.75) is 6.92 Å². The van der Waals surface area contributed by atoms with Gasteiger partial charge < -0.3 is 14.8 Å². The summed E-state index contributed by atoms with van der Waals surface area (Å²) in [6.45, 7) is 1.53. The van der Waals surface area contributed by atoms with Gasteiger partial charge in [-0.05, 0) is 24.6 Å². The molecule has 0 aliphatic carbocycles. The average molecular weight is 212 g/mol. The van der Waals surface area contributed by atoms with Gasteiger partial charge in [-0.1, -0.05) is 0 Å². The lowest BCUT2D eigenvalue weighted by molar-refractivity contribution is 0.0600. The van der Waals surface area contributed by atoms with Crippen LogP contribution in [0.3, 0.4) is 0 Å². The van der Waals surface area contributed by atoms with Crippen molar-refractivity contribution in [2.75, 3.05) is 7.11 Å². The van der Waals surface area contributed by atoms with Gasteiger partial charge in [0.15, 0.2) is 0 Å². The Morgan fingerprint density at radius 2 is 2.07 bits per heavy atom. The SMILES string of the molecule is COC(=O)c1cc(B(O)O)c(F)cc1C. The van der Waals surface area contributed by atoms with Crippen LogP contribution in [0, 0.1) is 12.7 Å². The molecule has 0 amide bonds. The van der Waals surface area contributed by atoms with Crippen LogP contribution in [0.1, 0.15) is 15.9 Å². The summed E-state index contributed by atoms with van der Waals surface area (Å²) in [5.74, 6) is -1.41. The van der Waals surface area contributed by atoms with Crippen LogP contribution in [0.2, 0.25) is 0 Å². The Hall–Kier alpha value is -1.40. The third-order valence-electron chi connectivity index (χ3n) is 2.03. The van der Waals surface area contributed by atoms with E-state index in [1.165, 1.54) is 14.0 Å². The molecule has 0 heterocycles. The topological polar surface area (TPSA) is 66.8 Å². The van der Waals surface area contributed by atoms with Gasteiger partial charge in [0.05, 0.1) is 12.7 Å². The third-order valence-corrected chi connectivity index (χ3v) is 2.03. The predicted molar refractivity (Wildman–Crippen MR) is 52.3 cm³/mol. The molecule has 1 aromatic rings. The standard InChI is InChI=1S/C9H10BFO4/c1-5-3-8(11)7(10(13)14)4-6(5)9(12)15-2/h3-4,13-14H,1-2H3. The molecule has 0 aliphatic rings. The van der Waals surface area contributed by atoms with Crippen molar-refractivity contribution in [1.29, 1.82) is 0 Å². The van der Waals surface area contributed by atoms with Crippen LogP contribution < -0.4 is 5.46 Å². The van der Waals surface area contributed by atoms with Crippen molar-refractivity contribution in [3.63, 3.8) is 0 Å². The molecule has 6 heteroatoms. The highest BCUT2D eigenvalue weighted by atomic mass is 19.1. The molecular weight excluding hydrogens is 202 g/mol. The quantitative estimate of drug-likeness (QED) is 0.517. The molecular formula is C9H10BFO4. The minimum absolute atomic E-state index is 0.113. The van der Waals surface area contributed by atoms with E-state index in [9.17, 15) is 9.18 Å². The van der Waals surface area contributed by atoms with Gasteiger partial charge in [-0.15, -0.1) is 0 Å². The van der Waals surface area contributed by atoms with Gasteiger partial charge >= 0.3 is 13.1 Å². The molecule has 0 fully saturated rings. The summed E-state index contributed by atoms with van der Waals surface area (Å²) >= 11 is 0. The second-order valence-electron chi connectivity index (χ2n) is 3.05. The molecule has 0 saturated heterocycles. The fourth-order valence-corrected chi connectivity index (χ4v) is 1.22. The van der Waals surface area contributed by atoms with E-state index in [1.54, 1.807) is 0 Å². The van der Waals surface area contributed by atoms with Crippen LogP contribution in [0.25, 0.3) is 0 Å². The fourth-order valence-electron chi connectivity index (χ4n) is 1.22. The second-order valence-corrected chi connectivity index (χ2v) is 3.05. The number of halogens is 1. The summed E-state index contributed by atoms with van der Waals surface area (Å²) in [7, 11) is -0.755. The average Bonchev–Trinajstić information content (AvgIpc) is 2.16. The van der Waals surface area contributed by atoms with Crippen molar-refractivity contribution in [3.8, 4) is 0 Å². The predicted octanol–water partition coefficient (Wildman–Crippen LogP) is -0.399. The van der Waals surface area contributed by atoms with Gasteiger partial charge in [0.1, 0.15) is 5.82 Å². The number of esters is 1. The number of rotatable bonds is 2. The second kappa shape index (κ2) is 4.42. The van der Waals surface area contributed by atoms with Crippen LogP contribution in [0.5, 0.6) is 0 Å². The maximum absolute atomic E-state index is 13.2. The summed E-state index contributed by atoms with van der Waals surface area (Å²) in [6.07, 6.45) is 0. The highest BCUT2D eigenvalue weighted by Crippen LogP contribution is 2.10. The van der Waals surface area contributed by atoms with Crippen molar-refractivity contribution in [1.82, 2.24) is 0 Å². The molecule has 2 N–H and O–H groups in total. The Kier molecular flexibility index (Phi) is 3.44. The van der Waals surface area contributed by atoms with Crippen molar-refractivity contribution in [2.24, 2.45) is 0 Å². The number of hydrogen-bond acceptors (Lipinski definition) is 4. The molecule has 0 unspecified atom stereocenters. The molecule has 1 aromatic carbocycles. The zero-order valence-electron chi connectivity index (χ0n) is 8.32. The Morgan fingerprint density at radius 3 is 2.53 bits per heavy atom. The van der Waals surface area contributed by atoms with Crippen molar-refractivity contribution >= 4 is 18.6 Å². The highest BCUT2D eigenvalue weighted by molar-refractivity contribution is 6.58. The first-order valence-electron chi connectivity index (χ1n) is 4.22. The van der Waals surface area contributed by atoms with E-state index in [4.69, 9.17) is 10.0 Å². The Bertz CT molecular complexity index is 392. The molecule has 80 valence electrons. The molecule has 15 heavy (non-hydrogen) atoms. The van der Waals surface area contributed by atoms with Crippen LogP contribution in [-0.4, -0.2) is 30.2 Å². The zero-order valence-corrected chi connectivity index (χ0v) is 8.32. The van der Waals surface area contributed by atoms with Crippen LogP contribution >= 0.6 is 0 Å². The molecule has 1 rings (SSSR count). The van der Waals surface area contributed by atoms with E-state index in [1.807, 2.05) is 0 Å². The molecule has 0 saturated carbocycles. The monoisotopic (exact) mass is 212 g/mol. The summed E-state index contributed by atoms with van der Waals surface area (Å²) < 4.78 is 17.6. The van der Waals surface area contributed by atoms with Crippen LogP contribution in [0.4, 0.5) is 4.39 Å². The maximum Gasteiger partial charge on any atom is 0.491 e. The fraction of sp³-hybridized carbons (Fsp3) is 0.222. The van der Waals surface area contributed by atoms with Gasteiger partial charge in [-0.3, -0.25) is 0 Å². The van der Waals surface area contributed by atoms with E-state index in [0.29, 0.717) is 5.56 Å². The number of benzene rings is 1. The first kappa shape index (κ1) is 11.7. The van der Waals surface area contributed by atoms with E-state index in [0.717, 1.165) is 12.1 Å². The highest BCUT2D eigenvalue weighted by Gasteiger charge is 2.20. The number of methoxy groups -OCH3 is 1. The lowest BCUT2D eigenvalue weighted by Gasteiger charge is -2.07. The van der Waals surface area contributed by atoms with E-state index in [-0.39, 0.29) is 11.0 Å². The lowest BCUT2D eigenvalue weighted by atomic mass is 9.78. The molecule has 0 radical (unpaired) electrons. The first-order chi connectivity index (χ1) is 6.97. The summed E-state index contributed by atoms with van der Waals surface area (Å²) in [5.41, 5.74) is 0.145. The summed E-state index contributed by atoms with van der Waals surface area (Å²) in [5, 5.41) is 17.7. The molecule has 0 atom stereocenters. The van der Waals surface area contributed by atoms with Crippen molar-refractivity contribution in [3.05, 3.63) is 29.1 Å². The number of aryl methyl sites for hydroxylation is 1. The molecule has 0 bridgehead atoms. The number of ether oxygens (including phenoxy) is 1. The number of hydrogen-bond donors (Lipinski definition) is 2. The van der Waals surface area contributed by atoms with Crippen LogP contribution in [0.15, 0.2) is 12.1 Å². The normalized spacial score (nSPS) is 9.93. The zero-order chi connectivity index (χ0) is 11.6. The molecule has 0 spiro atoms. The van der Waals surface area contributed by atoms with E-state index >= 15 is 0 Å². The molecule has 0 aromatic heterocycles. The molecule has 4 nitrogen and oxygen atoms in total. The van der Waals surface area contributed by atoms with Crippen LogP contribution in [-0.2, 0) is 4.74 Å². The summed E-state index contributed by atoms with van der Waals surface area (Å²) in [6, 6.07) is 2.13. The third kappa shape index (κ3) is 2.34. The number of carbonyl (C=O) groups excluding carboxylic acids is 1. The van der Waals surface area contributed by atoms with E-state index < -0.39 is 18.9 Å². The Labute approximate surface area is 86.4 Å². The maximum atomic E-state index is 13.2. The smallest absolute Gasteiger partial charge is 0.465 e. The van der Waals surface area contributed by atoms with Gasteiger partial charge in [-0.25, -0.2) is 9.18 Å². The first-order valence-corrected chi connectivity index (χ1v) is 4.22. The van der Waals surface area contributed by atoms with E-state index in [2.05, 4.69) is 4.74 Å².